The molecule has 2 heterocycles. The van der Waals surface area contributed by atoms with Crippen LogP contribution in [0.15, 0.2) is 18.2 Å². The molecule has 0 radical (unpaired) electrons. The van der Waals surface area contributed by atoms with E-state index in [4.69, 9.17) is 0 Å². The van der Waals surface area contributed by atoms with Gasteiger partial charge in [0.1, 0.15) is 6.04 Å². The second kappa shape index (κ2) is 6.00. The summed E-state index contributed by atoms with van der Waals surface area (Å²) >= 11 is 0. The normalized spacial score (nSPS) is 21.1. The molecule has 4 amide bonds. The van der Waals surface area contributed by atoms with Gasteiger partial charge in [-0.05, 0) is 31.0 Å². The van der Waals surface area contributed by atoms with Crippen LogP contribution in [0.2, 0.25) is 0 Å². The van der Waals surface area contributed by atoms with Gasteiger partial charge in [-0.1, -0.05) is 12.1 Å². The third-order valence-electron chi connectivity index (χ3n) is 4.29. The molecule has 1 atom stereocenters. The number of benzene rings is 1. The molecular formula is C16H20N4O3. The molecule has 2 aliphatic heterocycles. The van der Waals surface area contributed by atoms with Gasteiger partial charge in [-0.3, -0.25) is 19.8 Å². The van der Waals surface area contributed by atoms with Gasteiger partial charge in [-0.2, -0.15) is 0 Å². The molecule has 2 aliphatic rings. The molecular weight excluding hydrogens is 296 g/mol. The Labute approximate surface area is 134 Å². The van der Waals surface area contributed by atoms with Crippen LogP contribution in [0.4, 0.5) is 10.5 Å². The van der Waals surface area contributed by atoms with Gasteiger partial charge in [-0.15, -0.1) is 0 Å². The number of nitrogens with zero attached hydrogens (tertiary/aromatic N) is 2. The highest BCUT2D eigenvalue weighted by atomic mass is 16.2. The third kappa shape index (κ3) is 3.19. The number of fused-ring (bicyclic) bond motifs is 1. The van der Waals surface area contributed by atoms with Gasteiger partial charge in [0.2, 0.25) is 5.91 Å². The summed E-state index contributed by atoms with van der Waals surface area (Å²) in [6.07, 6.45) is 0. The van der Waals surface area contributed by atoms with E-state index in [1.54, 1.807) is 0 Å². The molecule has 0 aliphatic carbocycles. The summed E-state index contributed by atoms with van der Waals surface area (Å²) in [5, 5.41) is 5.22. The van der Waals surface area contributed by atoms with Crippen molar-refractivity contribution in [3.8, 4) is 0 Å². The molecule has 0 unspecified atom stereocenters. The number of amides is 4. The number of nitrogens with one attached hydrogen (secondary N) is 2. The van der Waals surface area contributed by atoms with Crippen molar-refractivity contribution in [3.63, 3.8) is 0 Å². The maximum Gasteiger partial charge on any atom is 0.324 e. The average Bonchev–Trinajstić information content (AvgIpc) is 2.77. The summed E-state index contributed by atoms with van der Waals surface area (Å²) in [5.41, 5.74) is 2.90. The molecule has 3 rings (SSSR count). The van der Waals surface area contributed by atoms with Crippen molar-refractivity contribution in [1.29, 1.82) is 0 Å². The van der Waals surface area contributed by atoms with Crippen LogP contribution >= 0.6 is 0 Å². The van der Waals surface area contributed by atoms with Gasteiger partial charge in [0, 0.05) is 25.3 Å². The Morgan fingerprint density at radius 1 is 1.30 bits per heavy atom. The Morgan fingerprint density at radius 3 is 2.87 bits per heavy atom. The molecule has 0 spiro atoms. The topological polar surface area (TPSA) is 81.8 Å². The van der Waals surface area contributed by atoms with Crippen molar-refractivity contribution >= 4 is 23.5 Å². The summed E-state index contributed by atoms with van der Waals surface area (Å²) < 4.78 is 0. The fraction of sp³-hybridized carbons (Fsp3) is 0.438. The van der Waals surface area contributed by atoms with Gasteiger partial charge in [0.05, 0.1) is 6.54 Å². The molecule has 2 saturated heterocycles. The van der Waals surface area contributed by atoms with Crippen molar-refractivity contribution in [1.82, 2.24) is 15.1 Å². The van der Waals surface area contributed by atoms with E-state index >= 15 is 0 Å². The molecule has 2 fully saturated rings. The monoisotopic (exact) mass is 316 g/mol. The number of hydrogen-bond acceptors (Lipinski definition) is 4. The van der Waals surface area contributed by atoms with E-state index in [1.165, 1.54) is 4.90 Å². The molecule has 2 N–H and O–H groups in total. The van der Waals surface area contributed by atoms with Crippen molar-refractivity contribution in [2.45, 2.75) is 19.9 Å². The average molecular weight is 316 g/mol. The third-order valence-corrected chi connectivity index (χ3v) is 4.29. The van der Waals surface area contributed by atoms with E-state index in [2.05, 4.69) is 10.6 Å². The molecule has 0 bridgehead atoms. The van der Waals surface area contributed by atoms with Crippen LogP contribution in [0.25, 0.3) is 0 Å². The number of carbonyl (C=O) groups is 3. The van der Waals surface area contributed by atoms with E-state index in [9.17, 15) is 14.4 Å². The van der Waals surface area contributed by atoms with Gasteiger partial charge < -0.3 is 10.2 Å². The van der Waals surface area contributed by atoms with Crippen LogP contribution < -0.4 is 10.6 Å². The minimum Gasteiger partial charge on any atom is -0.325 e. The van der Waals surface area contributed by atoms with Gasteiger partial charge >= 0.3 is 6.03 Å². The van der Waals surface area contributed by atoms with Crippen molar-refractivity contribution in [3.05, 3.63) is 29.3 Å². The number of piperazine rings is 1. The molecule has 23 heavy (non-hydrogen) atoms. The molecule has 7 nitrogen and oxygen atoms in total. The van der Waals surface area contributed by atoms with Crippen LogP contribution in [-0.4, -0.2) is 59.9 Å². The maximum absolute atomic E-state index is 12.2. The lowest BCUT2D eigenvalue weighted by Crippen LogP contribution is -2.54. The first-order valence-corrected chi connectivity index (χ1v) is 7.65. The van der Waals surface area contributed by atoms with Gasteiger partial charge in [-0.25, -0.2) is 4.79 Å². The summed E-state index contributed by atoms with van der Waals surface area (Å²) in [6.45, 7) is 5.56. The zero-order valence-electron chi connectivity index (χ0n) is 13.3. The van der Waals surface area contributed by atoms with E-state index in [0.717, 1.165) is 16.8 Å². The van der Waals surface area contributed by atoms with Crippen LogP contribution in [-0.2, 0) is 9.59 Å². The Morgan fingerprint density at radius 2 is 2.09 bits per heavy atom. The predicted molar refractivity (Wildman–Crippen MR) is 85.0 cm³/mol. The van der Waals surface area contributed by atoms with E-state index < -0.39 is 6.04 Å². The van der Waals surface area contributed by atoms with Crippen LogP contribution in [0.3, 0.4) is 0 Å². The fourth-order valence-electron chi connectivity index (χ4n) is 2.97. The molecule has 122 valence electrons. The smallest absolute Gasteiger partial charge is 0.324 e. The number of aryl methyl sites for hydroxylation is 2. The lowest BCUT2D eigenvalue weighted by molar-refractivity contribution is -0.124. The van der Waals surface area contributed by atoms with Crippen LogP contribution in [0.5, 0.6) is 0 Å². The zero-order valence-corrected chi connectivity index (χ0v) is 13.3. The summed E-state index contributed by atoms with van der Waals surface area (Å²) in [7, 11) is 0. The maximum atomic E-state index is 12.2. The van der Waals surface area contributed by atoms with E-state index in [1.807, 2.05) is 36.9 Å². The summed E-state index contributed by atoms with van der Waals surface area (Å²) in [6, 6.07) is 5.09. The number of carbonyl (C=O) groups excluding carboxylic acids is 3. The second-order valence-corrected chi connectivity index (χ2v) is 6.11. The molecule has 0 saturated carbocycles. The Kier molecular flexibility index (Phi) is 4.04. The summed E-state index contributed by atoms with van der Waals surface area (Å²) in [5.74, 6) is -0.397. The second-order valence-electron chi connectivity index (χ2n) is 6.11. The first-order chi connectivity index (χ1) is 10.9. The predicted octanol–water partition coefficient (Wildman–Crippen LogP) is 0.478. The quantitative estimate of drug-likeness (QED) is 0.795. The lowest BCUT2D eigenvalue weighted by Gasteiger charge is -2.34. The zero-order chi connectivity index (χ0) is 16.6. The summed E-state index contributed by atoms with van der Waals surface area (Å²) in [4.78, 5) is 39.0. The molecule has 1 aromatic carbocycles. The fourth-order valence-corrected chi connectivity index (χ4v) is 2.97. The first-order valence-electron chi connectivity index (χ1n) is 7.65. The lowest BCUT2D eigenvalue weighted by atomic mass is 10.1. The highest BCUT2D eigenvalue weighted by Crippen LogP contribution is 2.18. The Bertz CT molecular complexity index is 673. The number of hydrogen-bond donors (Lipinski definition) is 2. The standard InChI is InChI=1S/C16H20N4O3/c1-10-3-4-11(2)12(7-10)17-14(21)9-19-5-6-20-13(8-19)15(22)18-16(20)23/h3-4,7,13H,5-6,8-9H2,1-2H3,(H,17,21)(H,18,22,23)/t13-/m0/s1. The minimum atomic E-state index is -0.482. The highest BCUT2D eigenvalue weighted by Gasteiger charge is 2.42. The number of anilines is 1. The van der Waals surface area contributed by atoms with Crippen LogP contribution in [0.1, 0.15) is 11.1 Å². The highest BCUT2D eigenvalue weighted by molar-refractivity contribution is 6.04. The Balaban J connectivity index is 1.59. The molecule has 1 aromatic rings. The van der Waals surface area contributed by atoms with Crippen molar-refractivity contribution < 1.29 is 14.4 Å². The minimum absolute atomic E-state index is 0.114. The molecule has 0 aromatic heterocycles. The first kappa shape index (κ1) is 15.5. The van der Waals surface area contributed by atoms with Crippen molar-refractivity contribution in [2.24, 2.45) is 0 Å². The van der Waals surface area contributed by atoms with E-state index in [0.29, 0.717) is 19.6 Å². The number of imide groups is 1. The Hall–Kier alpha value is -2.41. The largest absolute Gasteiger partial charge is 0.325 e. The SMILES string of the molecule is Cc1ccc(C)c(NC(=O)CN2CCN3C(=O)NC(=O)[C@@H]3C2)c1. The number of rotatable bonds is 3. The number of urea groups is 1. The van der Waals surface area contributed by atoms with Crippen LogP contribution in [0, 0.1) is 13.8 Å². The van der Waals surface area contributed by atoms with Crippen molar-refractivity contribution in [2.75, 3.05) is 31.5 Å². The van der Waals surface area contributed by atoms with E-state index in [-0.39, 0.29) is 24.4 Å². The molecule has 7 heteroatoms. The van der Waals surface area contributed by atoms with Gasteiger partial charge in [0.15, 0.2) is 0 Å². The van der Waals surface area contributed by atoms with Gasteiger partial charge in [0.25, 0.3) is 5.91 Å².